The predicted octanol–water partition coefficient (Wildman–Crippen LogP) is 2.76. The van der Waals surface area contributed by atoms with Gasteiger partial charge < -0.3 is 5.32 Å². The lowest BCUT2D eigenvalue weighted by molar-refractivity contribution is 0.0949. The summed E-state index contributed by atoms with van der Waals surface area (Å²) in [6.45, 7) is 0.481. The molecule has 1 N–H and O–H groups in total. The molecule has 2 heterocycles. The standard InChI is InChI=1S/C13H11Cl2N3O/c14-10-3-4-11(15)18-12(10)13(19)17-7-5-9-2-1-6-16-8-9/h1-4,6,8H,5,7H2,(H,17,19). The van der Waals surface area contributed by atoms with Crippen molar-refractivity contribution < 1.29 is 4.79 Å². The van der Waals surface area contributed by atoms with E-state index in [1.807, 2.05) is 12.1 Å². The van der Waals surface area contributed by atoms with Crippen molar-refractivity contribution in [2.24, 2.45) is 0 Å². The van der Waals surface area contributed by atoms with E-state index in [2.05, 4.69) is 15.3 Å². The molecule has 0 unspecified atom stereocenters. The van der Waals surface area contributed by atoms with Crippen molar-refractivity contribution >= 4 is 29.1 Å². The summed E-state index contributed by atoms with van der Waals surface area (Å²) in [7, 11) is 0. The van der Waals surface area contributed by atoms with Crippen LogP contribution >= 0.6 is 23.2 Å². The van der Waals surface area contributed by atoms with Crippen LogP contribution in [-0.4, -0.2) is 22.4 Å². The van der Waals surface area contributed by atoms with E-state index in [4.69, 9.17) is 23.2 Å². The summed E-state index contributed by atoms with van der Waals surface area (Å²) in [4.78, 5) is 19.8. The maximum absolute atomic E-state index is 11.9. The Kier molecular flexibility index (Phi) is 4.71. The van der Waals surface area contributed by atoms with Crippen molar-refractivity contribution in [3.63, 3.8) is 0 Å². The van der Waals surface area contributed by atoms with E-state index in [1.165, 1.54) is 6.07 Å². The van der Waals surface area contributed by atoms with Gasteiger partial charge in [0, 0.05) is 18.9 Å². The number of aromatic nitrogens is 2. The highest BCUT2D eigenvalue weighted by atomic mass is 35.5. The van der Waals surface area contributed by atoms with Crippen LogP contribution < -0.4 is 5.32 Å². The number of nitrogens with zero attached hydrogens (tertiary/aromatic N) is 2. The lowest BCUT2D eigenvalue weighted by atomic mass is 10.2. The van der Waals surface area contributed by atoms with Gasteiger partial charge in [0.25, 0.3) is 5.91 Å². The topological polar surface area (TPSA) is 54.9 Å². The summed E-state index contributed by atoms with van der Waals surface area (Å²) in [6, 6.07) is 6.89. The Bertz CT molecular complexity index is 575. The second kappa shape index (κ2) is 6.50. The molecule has 0 bridgehead atoms. The van der Waals surface area contributed by atoms with Crippen molar-refractivity contribution in [2.45, 2.75) is 6.42 Å². The van der Waals surface area contributed by atoms with Gasteiger partial charge in [-0.1, -0.05) is 29.3 Å². The largest absolute Gasteiger partial charge is 0.350 e. The number of halogens is 2. The van der Waals surface area contributed by atoms with Crippen LogP contribution in [-0.2, 0) is 6.42 Å². The first-order valence-corrected chi connectivity index (χ1v) is 6.41. The van der Waals surface area contributed by atoms with Gasteiger partial charge in [0.05, 0.1) is 5.02 Å². The maximum Gasteiger partial charge on any atom is 0.271 e. The molecular weight excluding hydrogens is 285 g/mol. The monoisotopic (exact) mass is 295 g/mol. The third-order valence-electron chi connectivity index (χ3n) is 2.45. The van der Waals surface area contributed by atoms with E-state index < -0.39 is 0 Å². The Balaban J connectivity index is 1.93. The molecule has 4 nitrogen and oxygen atoms in total. The van der Waals surface area contributed by atoms with Gasteiger partial charge >= 0.3 is 0 Å². The molecule has 2 rings (SSSR count). The third kappa shape index (κ3) is 3.91. The second-order valence-corrected chi connectivity index (χ2v) is 4.63. The third-order valence-corrected chi connectivity index (χ3v) is 2.96. The molecule has 0 aliphatic carbocycles. The quantitative estimate of drug-likeness (QED) is 0.883. The van der Waals surface area contributed by atoms with Gasteiger partial charge in [0.2, 0.25) is 0 Å². The van der Waals surface area contributed by atoms with Crippen LogP contribution in [0.1, 0.15) is 16.1 Å². The van der Waals surface area contributed by atoms with Crippen LogP contribution in [0, 0.1) is 0 Å². The Morgan fingerprint density at radius 1 is 1.26 bits per heavy atom. The summed E-state index contributed by atoms with van der Waals surface area (Å²) < 4.78 is 0. The van der Waals surface area contributed by atoms with E-state index in [0.717, 1.165) is 5.56 Å². The lowest BCUT2D eigenvalue weighted by Gasteiger charge is -2.06. The number of nitrogens with one attached hydrogen (secondary N) is 1. The first-order valence-electron chi connectivity index (χ1n) is 5.66. The van der Waals surface area contributed by atoms with E-state index in [1.54, 1.807) is 18.5 Å². The molecular formula is C13H11Cl2N3O. The first kappa shape index (κ1) is 13.8. The predicted molar refractivity (Wildman–Crippen MR) is 74.5 cm³/mol. The number of rotatable bonds is 4. The highest BCUT2D eigenvalue weighted by Crippen LogP contribution is 2.16. The van der Waals surface area contributed by atoms with Crippen molar-refractivity contribution in [1.29, 1.82) is 0 Å². The number of carbonyl (C=O) groups is 1. The van der Waals surface area contributed by atoms with Gasteiger partial charge in [-0.15, -0.1) is 0 Å². The normalized spacial score (nSPS) is 10.2. The van der Waals surface area contributed by atoms with Crippen LogP contribution in [0.4, 0.5) is 0 Å². The molecule has 1 amide bonds. The van der Waals surface area contributed by atoms with E-state index in [9.17, 15) is 4.79 Å². The number of hydrogen-bond acceptors (Lipinski definition) is 3. The molecule has 0 radical (unpaired) electrons. The number of hydrogen-bond donors (Lipinski definition) is 1. The molecule has 0 aliphatic rings. The van der Waals surface area contributed by atoms with Gasteiger partial charge in [-0.2, -0.15) is 0 Å². The average molecular weight is 296 g/mol. The molecule has 19 heavy (non-hydrogen) atoms. The molecule has 0 aromatic carbocycles. The Hall–Kier alpha value is -1.65. The average Bonchev–Trinajstić information content (AvgIpc) is 2.42. The summed E-state index contributed by atoms with van der Waals surface area (Å²) in [6.07, 6.45) is 4.16. The number of pyridine rings is 2. The maximum atomic E-state index is 11.9. The van der Waals surface area contributed by atoms with Crippen molar-refractivity contribution in [2.75, 3.05) is 6.54 Å². The summed E-state index contributed by atoms with van der Waals surface area (Å²) in [5, 5.41) is 3.26. The molecule has 6 heteroatoms. The summed E-state index contributed by atoms with van der Waals surface area (Å²) in [5.74, 6) is -0.337. The smallest absolute Gasteiger partial charge is 0.271 e. The van der Waals surface area contributed by atoms with E-state index in [-0.39, 0.29) is 21.8 Å². The highest BCUT2D eigenvalue weighted by molar-refractivity contribution is 6.34. The molecule has 2 aromatic heterocycles. The van der Waals surface area contributed by atoms with Crippen molar-refractivity contribution in [3.05, 3.63) is 58.1 Å². The minimum absolute atomic E-state index is 0.139. The SMILES string of the molecule is O=C(NCCc1cccnc1)c1nc(Cl)ccc1Cl. The Morgan fingerprint density at radius 3 is 2.84 bits per heavy atom. The van der Waals surface area contributed by atoms with Gasteiger partial charge in [-0.3, -0.25) is 9.78 Å². The molecule has 0 spiro atoms. The van der Waals surface area contributed by atoms with Crippen LogP contribution in [0.25, 0.3) is 0 Å². The number of carbonyl (C=O) groups excluding carboxylic acids is 1. The summed E-state index contributed by atoms with van der Waals surface area (Å²) >= 11 is 11.6. The Labute approximate surface area is 120 Å². The lowest BCUT2D eigenvalue weighted by Crippen LogP contribution is -2.26. The number of amides is 1. The molecule has 0 aliphatic heterocycles. The van der Waals surface area contributed by atoms with Crippen LogP contribution in [0.3, 0.4) is 0 Å². The van der Waals surface area contributed by atoms with Crippen molar-refractivity contribution in [3.8, 4) is 0 Å². The molecule has 0 saturated heterocycles. The molecule has 0 atom stereocenters. The fourth-order valence-electron chi connectivity index (χ4n) is 1.53. The molecule has 2 aromatic rings. The van der Waals surface area contributed by atoms with Crippen LogP contribution in [0.5, 0.6) is 0 Å². The minimum Gasteiger partial charge on any atom is -0.350 e. The summed E-state index contributed by atoms with van der Waals surface area (Å²) in [5.41, 5.74) is 1.19. The fraction of sp³-hybridized carbons (Fsp3) is 0.154. The van der Waals surface area contributed by atoms with Crippen LogP contribution in [0.15, 0.2) is 36.7 Å². The van der Waals surface area contributed by atoms with Gasteiger partial charge in [0.1, 0.15) is 10.8 Å². The zero-order valence-corrected chi connectivity index (χ0v) is 11.4. The van der Waals surface area contributed by atoms with E-state index in [0.29, 0.717) is 13.0 Å². The van der Waals surface area contributed by atoms with Gasteiger partial charge in [-0.05, 0) is 30.2 Å². The zero-order valence-electron chi connectivity index (χ0n) is 9.94. The molecule has 0 fully saturated rings. The highest BCUT2D eigenvalue weighted by Gasteiger charge is 2.12. The zero-order chi connectivity index (χ0) is 13.7. The minimum atomic E-state index is -0.337. The van der Waals surface area contributed by atoms with E-state index >= 15 is 0 Å². The first-order chi connectivity index (χ1) is 9.16. The Morgan fingerprint density at radius 2 is 2.11 bits per heavy atom. The molecule has 98 valence electrons. The second-order valence-electron chi connectivity index (χ2n) is 3.83. The van der Waals surface area contributed by atoms with Crippen LogP contribution in [0.2, 0.25) is 10.2 Å². The van der Waals surface area contributed by atoms with Gasteiger partial charge in [0.15, 0.2) is 0 Å². The fourth-order valence-corrected chi connectivity index (χ4v) is 1.87. The molecule has 0 saturated carbocycles. The van der Waals surface area contributed by atoms with Gasteiger partial charge in [-0.25, -0.2) is 4.98 Å². The van der Waals surface area contributed by atoms with Crippen molar-refractivity contribution in [1.82, 2.24) is 15.3 Å².